The third kappa shape index (κ3) is 2.88. The second-order valence-electron chi connectivity index (χ2n) is 4.64. The monoisotopic (exact) mass is 241 g/mol. The molecule has 6 heteroatoms. The highest BCUT2D eigenvalue weighted by molar-refractivity contribution is 5.76. The first-order valence-electron chi connectivity index (χ1n) is 6.16. The van der Waals surface area contributed by atoms with E-state index in [1.807, 2.05) is 0 Å². The van der Waals surface area contributed by atoms with E-state index < -0.39 is 11.9 Å². The molecule has 0 unspecified atom stereocenters. The Labute approximate surface area is 101 Å². The zero-order valence-electron chi connectivity index (χ0n) is 9.89. The lowest BCUT2D eigenvalue weighted by molar-refractivity contribution is -0.143. The van der Waals surface area contributed by atoms with Gasteiger partial charge in [-0.1, -0.05) is 0 Å². The predicted octanol–water partition coefficient (Wildman–Crippen LogP) is -0.192. The highest BCUT2D eigenvalue weighted by atomic mass is 16.4. The van der Waals surface area contributed by atoms with Crippen LogP contribution in [-0.4, -0.2) is 66.2 Å². The number of likely N-dealkylation sites (tertiary alicyclic amines) is 1. The number of rotatable bonds is 1. The molecule has 0 spiro atoms. The Hall–Kier alpha value is -1.30. The van der Waals surface area contributed by atoms with Crippen LogP contribution < -0.4 is 5.32 Å². The van der Waals surface area contributed by atoms with Crippen molar-refractivity contribution in [3.63, 3.8) is 0 Å². The molecule has 1 atom stereocenters. The standard InChI is InChI=1S/C11H19N3O3/c15-10(16)9-2-1-5-14(8-9)11(17)13-6-3-12-4-7-13/h9,12H,1-8H2,(H,15,16)/t9-/m1/s1. The van der Waals surface area contributed by atoms with Crippen molar-refractivity contribution < 1.29 is 14.7 Å². The summed E-state index contributed by atoms with van der Waals surface area (Å²) in [5, 5.41) is 12.2. The van der Waals surface area contributed by atoms with Gasteiger partial charge in [0.25, 0.3) is 0 Å². The van der Waals surface area contributed by atoms with Crippen LogP contribution in [0.4, 0.5) is 4.79 Å². The number of piperidine rings is 1. The summed E-state index contributed by atoms with van der Waals surface area (Å²) in [7, 11) is 0. The number of carboxylic acid groups (broad SMARTS) is 1. The number of carbonyl (C=O) groups excluding carboxylic acids is 1. The summed E-state index contributed by atoms with van der Waals surface area (Å²) in [6, 6.07) is -0.00236. The van der Waals surface area contributed by atoms with E-state index >= 15 is 0 Å². The Morgan fingerprint density at radius 1 is 1.12 bits per heavy atom. The van der Waals surface area contributed by atoms with Crippen LogP contribution in [0.2, 0.25) is 0 Å². The Balaban J connectivity index is 1.91. The average molecular weight is 241 g/mol. The minimum Gasteiger partial charge on any atom is -0.481 e. The van der Waals surface area contributed by atoms with Crippen molar-refractivity contribution in [2.24, 2.45) is 5.92 Å². The summed E-state index contributed by atoms with van der Waals surface area (Å²) >= 11 is 0. The zero-order valence-corrected chi connectivity index (χ0v) is 9.89. The molecule has 0 radical (unpaired) electrons. The van der Waals surface area contributed by atoms with Crippen LogP contribution in [0.5, 0.6) is 0 Å². The van der Waals surface area contributed by atoms with Gasteiger partial charge in [-0.3, -0.25) is 4.79 Å². The van der Waals surface area contributed by atoms with Crippen LogP contribution in [0, 0.1) is 5.92 Å². The number of carbonyl (C=O) groups is 2. The van der Waals surface area contributed by atoms with E-state index in [0.29, 0.717) is 32.6 Å². The molecule has 0 aliphatic carbocycles. The normalized spacial score (nSPS) is 25.8. The number of piperazine rings is 1. The third-order valence-electron chi connectivity index (χ3n) is 3.43. The first-order valence-corrected chi connectivity index (χ1v) is 6.16. The lowest BCUT2D eigenvalue weighted by Crippen LogP contribution is -2.54. The largest absolute Gasteiger partial charge is 0.481 e. The lowest BCUT2D eigenvalue weighted by atomic mass is 9.98. The van der Waals surface area contributed by atoms with Crippen LogP contribution in [0.25, 0.3) is 0 Å². The molecule has 2 aliphatic heterocycles. The van der Waals surface area contributed by atoms with Gasteiger partial charge in [0.15, 0.2) is 0 Å². The lowest BCUT2D eigenvalue weighted by Gasteiger charge is -2.36. The summed E-state index contributed by atoms with van der Waals surface area (Å²) in [6.45, 7) is 4.12. The van der Waals surface area contributed by atoms with Gasteiger partial charge in [0.05, 0.1) is 5.92 Å². The number of hydrogen-bond acceptors (Lipinski definition) is 3. The molecule has 6 nitrogen and oxygen atoms in total. The summed E-state index contributed by atoms with van der Waals surface area (Å²) in [6.07, 6.45) is 1.47. The summed E-state index contributed by atoms with van der Waals surface area (Å²) < 4.78 is 0. The van der Waals surface area contributed by atoms with Gasteiger partial charge in [0, 0.05) is 39.3 Å². The number of carboxylic acids is 1. The van der Waals surface area contributed by atoms with Gasteiger partial charge < -0.3 is 20.2 Å². The van der Waals surface area contributed by atoms with Crippen LogP contribution in [0.3, 0.4) is 0 Å². The second kappa shape index (κ2) is 5.35. The summed E-state index contributed by atoms with van der Waals surface area (Å²) in [4.78, 5) is 26.6. The third-order valence-corrected chi connectivity index (χ3v) is 3.43. The van der Waals surface area contributed by atoms with E-state index in [9.17, 15) is 9.59 Å². The highest BCUT2D eigenvalue weighted by Gasteiger charge is 2.30. The number of hydrogen-bond donors (Lipinski definition) is 2. The minimum atomic E-state index is -0.789. The van der Waals surface area contributed by atoms with E-state index in [4.69, 9.17) is 5.11 Å². The van der Waals surface area contributed by atoms with Gasteiger partial charge in [-0.2, -0.15) is 0 Å². The van der Waals surface area contributed by atoms with Gasteiger partial charge in [-0.05, 0) is 12.8 Å². The van der Waals surface area contributed by atoms with Crippen LogP contribution in [0.1, 0.15) is 12.8 Å². The minimum absolute atomic E-state index is 0.00236. The maximum Gasteiger partial charge on any atom is 0.320 e. The van der Waals surface area contributed by atoms with Crippen molar-refractivity contribution in [2.75, 3.05) is 39.3 Å². The molecule has 0 aromatic carbocycles. The van der Waals surface area contributed by atoms with Crippen LogP contribution in [0.15, 0.2) is 0 Å². The fourth-order valence-corrected chi connectivity index (χ4v) is 2.41. The van der Waals surface area contributed by atoms with Crippen LogP contribution >= 0.6 is 0 Å². The maximum atomic E-state index is 12.2. The van der Waals surface area contributed by atoms with Crippen molar-refractivity contribution in [1.29, 1.82) is 0 Å². The molecular weight excluding hydrogens is 222 g/mol. The molecule has 17 heavy (non-hydrogen) atoms. The molecule has 0 bridgehead atoms. The van der Waals surface area contributed by atoms with E-state index in [2.05, 4.69) is 5.32 Å². The second-order valence-corrected chi connectivity index (χ2v) is 4.64. The first-order chi connectivity index (χ1) is 8.18. The Bertz CT molecular complexity index is 302. The molecule has 0 aromatic rings. The van der Waals surface area contributed by atoms with Crippen molar-refractivity contribution in [3.05, 3.63) is 0 Å². The molecule has 2 rings (SSSR count). The predicted molar refractivity (Wildman–Crippen MR) is 61.8 cm³/mol. The van der Waals surface area contributed by atoms with Gasteiger partial charge in [-0.15, -0.1) is 0 Å². The van der Waals surface area contributed by atoms with Crippen molar-refractivity contribution in [1.82, 2.24) is 15.1 Å². The number of aliphatic carboxylic acids is 1. The number of nitrogens with zero attached hydrogens (tertiary/aromatic N) is 2. The van der Waals surface area contributed by atoms with E-state index in [0.717, 1.165) is 19.5 Å². The van der Waals surface area contributed by atoms with Gasteiger partial charge in [0.1, 0.15) is 0 Å². The fraction of sp³-hybridized carbons (Fsp3) is 0.818. The zero-order chi connectivity index (χ0) is 12.3. The molecule has 0 saturated carbocycles. The van der Waals surface area contributed by atoms with Crippen molar-refractivity contribution in [2.45, 2.75) is 12.8 Å². The van der Waals surface area contributed by atoms with E-state index in [-0.39, 0.29) is 6.03 Å². The van der Waals surface area contributed by atoms with Gasteiger partial charge in [0.2, 0.25) is 0 Å². The quantitative estimate of drug-likeness (QED) is 0.667. The van der Waals surface area contributed by atoms with Gasteiger partial charge >= 0.3 is 12.0 Å². The number of nitrogens with one attached hydrogen (secondary N) is 1. The summed E-state index contributed by atoms with van der Waals surface area (Å²) in [5.74, 6) is -1.18. The SMILES string of the molecule is O=C(O)[C@@H]1CCCN(C(=O)N2CCNCC2)C1. The van der Waals surface area contributed by atoms with Crippen molar-refractivity contribution in [3.8, 4) is 0 Å². The summed E-state index contributed by atoms with van der Waals surface area (Å²) in [5.41, 5.74) is 0. The molecule has 2 amide bonds. The molecule has 2 saturated heterocycles. The first kappa shape index (κ1) is 12.2. The topological polar surface area (TPSA) is 72.9 Å². The van der Waals surface area contributed by atoms with Gasteiger partial charge in [-0.25, -0.2) is 4.79 Å². The molecule has 2 heterocycles. The number of urea groups is 1. The molecule has 0 aromatic heterocycles. The van der Waals surface area contributed by atoms with E-state index in [1.54, 1.807) is 9.80 Å². The average Bonchev–Trinajstić information content (AvgIpc) is 2.39. The molecule has 2 aliphatic rings. The molecule has 96 valence electrons. The van der Waals surface area contributed by atoms with Crippen molar-refractivity contribution >= 4 is 12.0 Å². The van der Waals surface area contributed by atoms with Crippen LogP contribution in [-0.2, 0) is 4.79 Å². The highest BCUT2D eigenvalue weighted by Crippen LogP contribution is 2.18. The van der Waals surface area contributed by atoms with E-state index in [1.165, 1.54) is 0 Å². The Kier molecular flexibility index (Phi) is 3.83. The molecular formula is C11H19N3O3. The Morgan fingerprint density at radius 3 is 2.47 bits per heavy atom. The fourth-order valence-electron chi connectivity index (χ4n) is 2.41. The number of amides is 2. The molecule has 2 N–H and O–H groups in total. The molecule has 2 fully saturated rings. The maximum absolute atomic E-state index is 12.2. The Morgan fingerprint density at radius 2 is 1.82 bits per heavy atom. The smallest absolute Gasteiger partial charge is 0.320 e.